The molecular formula is C6H6N6O2. The number of fused-ring (bicyclic) bond motifs is 1. The number of hydrazine groups is 1. The van der Waals surface area contributed by atoms with Crippen LogP contribution in [-0.4, -0.2) is 33.6 Å². The van der Waals surface area contributed by atoms with E-state index in [1.807, 2.05) is 0 Å². The number of hydrogen-bond donors (Lipinski definition) is 2. The highest BCUT2D eigenvalue weighted by Crippen LogP contribution is 1.90. The van der Waals surface area contributed by atoms with Gasteiger partial charge in [-0.25, -0.2) is 24.7 Å². The first kappa shape index (κ1) is 8.27. The molecule has 1 aliphatic heterocycles. The van der Waals surface area contributed by atoms with Gasteiger partial charge >= 0.3 is 6.03 Å². The molecule has 2 heterocycles. The van der Waals surface area contributed by atoms with Gasteiger partial charge in [-0.3, -0.25) is 0 Å². The van der Waals surface area contributed by atoms with Crippen molar-refractivity contribution in [1.82, 2.24) is 20.1 Å². The third-order valence-electron chi connectivity index (χ3n) is 1.75. The number of rotatable bonds is 0. The van der Waals surface area contributed by atoms with E-state index < -0.39 is 6.03 Å². The van der Waals surface area contributed by atoms with Gasteiger partial charge in [0, 0.05) is 7.05 Å². The molecule has 0 bridgehead atoms. The van der Waals surface area contributed by atoms with Gasteiger partial charge in [0.15, 0.2) is 11.8 Å². The molecule has 0 atom stereocenters. The van der Waals surface area contributed by atoms with Crippen LogP contribution in [0.3, 0.4) is 0 Å². The van der Waals surface area contributed by atoms with Gasteiger partial charge in [-0.1, -0.05) is 0 Å². The summed E-state index contributed by atoms with van der Waals surface area (Å²) in [5, 5.41) is 4.84. The molecule has 1 amide bonds. The molecule has 0 fully saturated rings. The lowest BCUT2D eigenvalue weighted by molar-refractivity contribution is 0.179. The Bertz CT molecular complexity index is 539. The molecule has 2 rings (SSSR count). The first-order chi connectivity index (χ1) is 6.65. The Morgan fingerprint density at radius 1 is 1.57 bits per heavy atom. The number of nitrogen functional groups attached to an aromatic ring is 1. The topological polar surface area (TPSA) is 106 Å². The third kappa shape index (κ3) is 0.882. The maximum Gasteiger partial charge on any atom is 0.351 e. The summed E-state index contributed by atoms with van der Waals surface area (Å²) in [5.74, 6) is 1.52. The van der Waals surface area contributed by atoms with Crippen LogP contribution in [0.25, 0.3) is 0 Å². The minimum absolute atomic E-state index is 0.0114. The summed E-state index contributed by atoms with van der Waals surface area (Å²) in [5.41, 5.74) is 7.77. The number of carbonyl (C=O) groups is 1. The van der Waals surface area contributed by atoms with Crippen LogP contribution in [0.15, 0.2) is 5.10 Å². The first-order valence-corrected chi connectivity index (χ1v) is 3.66. The van der Waals surface area contributed by atoms with Crippen molar-refractivity contribution < 1.29 is 9.59 Å². The summed E-state index contributed by atoms with van der Waals surface area (Å²) < 4.78 is 0.985. The van der Waals surface area contributed by atoms with Crippen molar-refractivity contribution in [2.75, 3.05) is 12.8 Å². The van der Waals surface area contributed by atoms with E-state index in [9.17, 15) is 9.59 Å². The average Bonchev–Trinajstić information content (AvgIpc) is 2.50. The summed E-state index contributed by atoms with van der Waals surface area (Å²) >= 11 is 0. The predicted molar refractivity (Wildman–Crippen MR) is 43.9 cm³/mol. The Balaban J connectivity index is 2.90. The normalized spacial score (nSPS) is 14.1. The lowest BCUT2D eigenvalue weighted by Crippen LogP contribution is -2.52. The van der Waals surface area contributed by atoms with Crippen molar-refractivity contribution in [2.24, 2.45) is 5.10 Å². The molecule has 0 saturated heterocycles. The van der Waals surface area contributed by atoms with Crippen LogP contribution in [0.2, 0.25) is 0 Å². The maximum absolute atomic E-state index is 11.5. The number of carbonyl (C=O) groups excluding carboxylic acids is 2. The number of nitrogens with two attached hydrogens (primary N) is 1. The molecule has 0 radical (unpaired) electrons. The molecule has 8 nitrogen and oxygen atoms in total. The van der Waals surface area contributed by atoms with E-state index in [1.54, 1.807) is 0 Å². The second kappa shape index (κ2) is 2.57. The van der Waals surface area contributed by atoms with Gasteiger partial charge in [-0.2, -0.15) is 4.98 Å². The second-order valence-electron chi connectivity index (χ2n) is 2.64. The molecule has 0 saturated carbocycles. The zero-order valence-corrected chi connectivity index (χ0v) is 7.18. The Morgan fingerprint density at radius 2 is 2.29 bits per heavy atom. The van der Waals surface area contributed by atoms with Crippen molar-refractivity contribution in [3.05, 3.63) is 11.0 Å². The van der Waals surface area contributed by atoms with E-state index in [2.05, 4.69) is 15.6 Å². The van der Waals surface area contributed by atoms with Gasteiger partial charge in [0.1, 0.15) is 0 Å². The zero-order valence-electron chi connectivity index (χ0n) is 7.18. The number of amides is 1. The highest BCUT2D eigenvalue weighted by molar-refractivity contribution is 5.78. The van der Waals surface area contributed by atoms with E-state index in [0.29, 0.717) is 0 Å². The van der Waals surface area contributed by atoms with Crippen molar-refractivity contribution in [1.29, 1.82) is 0 Å². The fraction of sp³-hybridized carbons (Fsp3) is 0.167. The fourth-order valence-electron chi connectivity index (χ4n) is 1.10. The summed E-state index contributed by atoms with van der Waals surface area (Å²) in [6.07, 6.45) is 0. The highest BCUT2D eigenvalue weighted by atomic mass is 16.2. The highest BCUT2D eigenvalue weighted by Gasteiger charge is 2.21. The summed E-state index contributed by atoms with van der Waals surface area (Å²) in [7, 11) is 1.46. The van der Waals surface area contributed by atoms with Gasteiger partial charge in [-0.15, -0.1) is 5.10 Å². The number of anilines is 1. The van der Waals surface area contributed by atoms with Gasteiger partial charge in [-0.05, 0) is 0 Å². The number of imidazole rings is 1. The van der Waals surface area contributed by atoms with Crippen molar-refractivity contribution >= 4 is 17.8 Å². The molecule has 3 N–H and O–H groups in total. The van der Waals surface area contributed by atoms with Crippen molar-refractivity contribution in [2.45, 2.75) is 0 Å². The smallest absolute Gasteiger partial charge is 0.351 e. The van der Waals surface area contributed by atoms with Crippen LogP contribution in [0.1, 0.15) is 0 Å². The van der Waals surface area contributed by atoms with Crippen LogP contribution < -0.4 is 22.2 Å². The monoisotopic (exact) mass is 194 g/mol. The fourth-order valence-corrected chi connectivity index (χ4v) is 1.10. The Hall–Kier alpha value is -2.34. The molecule has 14 heavy (non-hydrogen) atoms. The van der Waals surface area contributed by atoms with E-state index in [-0.39, 0.29) is 16.8 Å². The molecule has 1 aromatic rings. The lowest BCUT2D eigenvalue weighted by Gasteiger charge is -2.18. The minimum atomic E-state index is -0.488. The van der Waals surface area contributed by atoms with Crippen LogP contribution in [-0.2, 0) is 4.79 Å². The number of aromatic nitrogens is 2. The Kier molecular flexibility index (Phi) is 1.52. The van der Waals surface area contributed by atoms with Gasteiger partial charge < -0.3 is 5.73 Å². The Labute approximate surface area is 77.3 Å². The van der Waals surface area contributed by atoms with E-state index in [4.69, 9.17) is 5.73 Å². The largest absolute Gasteiger partial charge is 0.380 e. The van der Waals surface area contributed by atoms with Gasteiger partial charge in [0.2, 0.25) is 11.0 Å². The van der Waals surface area contributed by atoms with Gasteiger partial charge in [0.25, 0.3) is 0 Å². The molecule has 0 aromatic carbocycles. The van der Waals surface area contributed by atoms with E-state index >= 15 is 0 Å². The number of nitrogens with one attached hydrogen (secondary N) is 1. The van der Waals surface area contributed by atoms with Crippen LogP contribution >= 0.6 is 0 Å². The standard InChI is InChI=1S/C6H6N6O2/c1-11-6(14)12-3(2-13)8-4(7)5(12)9-10-11/h10H,1H3,(H2,7,8). The lowest BCUT2D eigenvalue weighted by atomic mass is 10.7. The number of nitrogens with zero attached hydrogens (tertiary/aromatic N) is 4. The maximum atomic E-state index is 11.5. The van der Waals surface area contributed by atoms with Crippen molar-refractivity contribution in [3.63, 3.8) is 0 Å². The van der Waals surface area contributed by atoms with E-state index in [0.717, 1.165) is 9.58 Å². The van der Waals surface area contributed by atoms with Crippen LogP contribution in [0.5, 0.6) is 0 Å². The van der Waals surface area contributed by atoms with Crippen LogP contribution in [0.4, 0.5) is 10.6 Å². The minimum Gasteiger partial charge on any atom is -0.380 e. The average molecular weight is 194 g/mol. The molecule has 1 aromatic heterocycles. The van der Waals surface area contributed by atoms with Gasteiger partial charge in [0.05, 0.1) is 0 Å². The van der Waals surface area contributed by atoms with E-state index in [1.165, 1.54) is 13.0 Å². The molecule has 0 unspecified atom stereocenters. The SMILES string of the molecule is CN1NN=c2c(N)nc(=C=O)n2C1=O. The predicted octanol–water partition coefficient (Wildman–Crippen LogP) is -3.08. The molecule has 72 valence electrons. The zero-order chi connectivity index (χ0) is 10.3. The molecule has 0 aliphatic carbocycles. The summed E-state index contributed by atoms with van der Waals surface area (Å²) in [6.45, 7) is 0. The quantitative estimate of drug-likeness (QED) is 0.455. The first-order valence-electron chi connectivity index (χ1n) is 3.66. The molecule has 1 aliphatic rings. The Morgan fingerprint density at radius 3 is 2.93 bits per heavy atom. The van der Waals surface area contributed by atoms with Crippen LogP contribution in [0, 0.1) is 0 Å². The molecule has 0 spiro atoms. The third-order valence-corrected chi connectivity index (χ3v) is 1.75. The number of hydrogen-bond acceptors (Lipinski definition) is 6. The summed E-state index contributed by atoms with van der Waals surface area (Å²) in [4.78, 5) is 25.6. The van der Waals surface area contributed by atoms with Crippen molar-refractivity contribution in [3.8, 4) is 0 Å². The molecule has 8 heteroatoms. The second-order valence-corrected chi connectivity index (χ2v) is 2.64. The molecular weight excluding hydrogens is 188 g/mol. The summed E-state index contributed by atoms with van der Waals surface area (Å²) in [6, 6.07) is -0.488.